The minimum Gasteiger partial charge on any atom is -0.480 e. The maximum Gasteiger partial charge on any atom is 0.326 e. The summed E-state index contributed by atoms with van der Waals surface area (Å²) in [6.07, 6.45) is -0.158. The molecule has 0 unspecified atom stereocenters. The number of aryl methyl sites for hydroxylation is 3. The zero-order valence-electron chi connectivity index (χ0n) is 13.9. The van der Waals surface area contributed by atoms with Crippen molar-refractivity contribution in [3.05, 3.63) is 34.5 Å². The van der Waals surface area contributed by atoms with Crippen molar-refractivity contribution in [2.24, 2.45) is 5.73 Å². The smallest absolute Gasteiger partial charge is 0.326 e. The van der Waals surface area contributed by atoms with Gasteiger partial charge in [0.15, 0.2) is 0 Å². The average Bonchev–Trinajstić information content (AvgIpc) is 2.80. The highest BCUT2D eigenvalue weighted by molar-refractivity contribution is 6.03. The van der Waals surface area contributed by atoms with Crippen molar-refractivity contribution >= 4 is 28.7 Å². The molecule has 0 aliphatic rings. The zero-order chi connectivity index (χ0) is 18.0. The Morgan fingerprint density at radius 3 is 2.50 bits per heavy atom. The van der Waals surface area contributed by atoms with E-state index < -0.39 is 23.8 Å². The zero-order valence-corrected chi connectivity index (χ0v) is 13.9. The largest absolute Gasteiger partial charge is 0.480 e. The van der Waals surface area contributed by atoms with Gasteiger partial charge in [-0.2, -0.15) is 0 Å². The van der Waals surface area contributed by atoms with Gasteiger partial charge >= 0.3 is 5.97 Å². The van der Waals surface area contributed by atoms with Crippen molar-refractivity contribution in [1.29, 1.82) is 0 Å². The molecule has 0 radical (unpaired) electrons. The quantitative estimate of drug-likeness (QED) is 0.640. The minimum absolute atomic E-state index is 0.0478. The second-order valence-corrected chi connectivity index (χ2v) is 6.00. The Hall–Kier alpha value is -2.83. The molecule has 0 bridgehead atoms. The number of aliphatic carboxylic acids is 1. The second-order valence-electron chi connectivity index (χ2n) is 6.00. The number of carboxylic acid groups (broad SMARTS) is 1. The molecule has 0 saturated heterocycles. The number of amides is 2. The molecule has 7 heteroatoms. The van der Waals surface area contributed by atoms with Crippen molar-refractivity contribution in [2.45, 2.75) is 39.7 Å². The first-order valence-corrected chi connectivity index (χ1v) is 7.62. The number of rotatable bonds is 6. The van der Waals surface area contributed by atoms with Gasteiger partial charge in [-0.25, -0.2) is 4.79 Å². The molecule has 0 spiro atoms. The number of nitrogens with two attached hydrogens (primary N) is 1. The summed E-state index contributed by atoms with van der Waals surface area (Å²) >= 11 is 0. The van der Waals surface area contributed by atoms with E-state index in [9.17, 15) is 19.5 Å². The summed E-state index contributed by atoms with van der Waals surface area (Å²) in [4.78, 5) is 37.6. The number of carboxylic acids is 1. The van der Waals surface area contributed by atoms with Crippen molar-refractivity contribution in [3.63, 3.8) is 0 Å². The number of H-pyrrole nitrogens is 1. The number of hydrogen-bond donors (Lipinski definition) is 4. The van der Waals surface area contributed by atoms with Gasteiger partial charge in [0.05, 0.1) is 0 Å². The fraction of sp³-hybridized carbons (Fsp3) is 0.353. The Bertz CT molecular complexity index is 823. The molecule has 2 amide bonds. The van der Waals surface area contributed by atoms with Gasteiger partial charge in [0, 0.05) is 17.3 Å². The number of primary amides is 1. The summed E-state index contributed by atoms with van der Waals surface area (Å²) in [6, 6.07) is 2.82. The van der Waals surface area contributed by atoms with Crippen molar-refractivity contribution in [3.8, 4) is 0 Å². The molecule has 1 aromatic carbocycles. The van der Waals surface area contributed by atoms with Crippen LogP contribution >= 0.6 is 0 Å². The number of benzene rings is 1. The van der Waals surface area contributed by atoms with Crippen molar-refractivity contribution in [1.82, 2.24) is 10.3 Å². The van der Waals surface area contributed by atoms with Gasteiger partial charge < -0.3 is 21.1 Å². The van der Waals surface area contributed by atoms with Crippen LogP contribution in [-0.2, 0) is 9.59 Å². The Kier molecular flexibility index (Phi) is 4.92. The van der Waals surface area contributed by atoms with Crippen molar-refractivity contribution in [2.75, 3.05) is 0 Å². The first-order chi connectivity index (χ1) is 11.2. The number of aromatic amines is 1. The van der Waals surface area contributed by atoms with E-state index in [0.717, 1.165) is 27.6 Å². The van der Waals surface area contributed by atoms with Gasteiger partial charge in [-0.3, -0.25) is 9.59 Å². The summed E-state index contributed by atoms with van der Waals surface area (Å²) in [5.41, 5.74) is 9.07. The SMILES string of the molecule is Cc1cc(C)c2[nH]c(C(=O)N[C@@H](CCC(N)=O)C(=O)O)c(C)c2c1. The first-order valence-electron chi connectivity index (χ1n) is 7.62. The number of hydrogen-bond acceptors (Lipinski definition) is 3. The molecular weight excluding hydrogens is 310 g/mol. The van der Waals surface area contributed by atoms with E-state index in [-0.39, 0.29) is 12.8 Å². The predicted molar refractivity (Wildman–Crippen MR) is 89.8 cm³/mol. The van der Waals surface area contributed by atoms with E-state index in [1.807, 2.05) is 32.9 Å². The minimum atomic E-state index is -1.20. The van der Waals surface area contributed by atoms with Crippen LogP contribution in [0.2, 0.25) is 0 Å². The number of carbonyl (C=O) groups is 3. The fourth-order valence-corrected chi connectivity index (χ4v) is 2.78. The van der Waals surface area contributed by atoms with Gasteiger partial charge in [0.2, 0.25) is 5.91 Å². The van der Waals surface area contributed by atoms with E-state index >= 15 is 0 Å². The number of nitrogens with one attached hydrogen (secondary N) is 2. The van der Waals surface area contributed by atoms with Crippen molar-refractivity contribution < 1.29 is 19.5 Å². The molecule has 128 valence electrons. The van der Waals surface area contributed by atoms with Crippen LogP contribution < -0.4 is 11.1 Å². The van der Waals surface area contributed by atoms with E-state index in [2.05, 4.69) is 10.3 Å². The van der Waals surface area contributed by atoms with Gasteiger partial charge in [0.1, 0.15) is 11.7 Å². The Balaban J connectivity index is 2.30. The van der Waals surface area contributed by atoms with Crippen LogP contribution in [0.3, 0.4) is 0 Å². The molecule has 0 saturated carbocycles. The summed E-state index contributed by atoms with van der Waals surface area (Å²) in [5.74, 6) is -2.33. The average molecular weight is 331 g/mol. The third-order valence-corrected chi connectivity index (χ3v) is 4.02. The first kappa shape index (κ1) is 17.5. The molecule has 2 rings (SSSR count). The molecule has 0 aliphatic carbocycles. The van der Waals surface area contributed by atoms with Gasteiger partial charge in [-0.05, 0) is 44.4 Å². The third-order valence-electron chi connectivity index (χ3n) is 4.02. The van der Waals surface area contributed by atoms with Crippen LogP contribution in [0.25, 0.3) is 10.9 Å². The Labute approximate surface area is 139 Å². The lowest BCUT2D eigenvalue weighted by Gasteiger charge is -2.13. The molecule has 1 heterocycles. The Morgan fingerprint density at radius 2 is 1.92 bits per heavy atom. The lowest BCUT2D eigenvalue weighted by atomic mass is 10.1. The molecule has 5 N–H and O–H groups in total. The maximum atomic E-state index is 12.5. The summed E-state index contributed by atoms with van der Waals surface area (Å²) < 4.78 is 0. The topological polar surface area (TPSA) is 125 Å². The normalized spacial score (nSPS) is 12.1. The lowest BCUT2D eigenvalue weighted by molar-refractivity contribution is -0.139. The highest BCUT2D eigenvalue weighted by atomic mass is 16.4. The third kappa shape index (κ3) is 3.56. The van der Waals surface area contributed by atoms with Crippen LogP contribution in [0.5, 0.6) is 0 Å². The number of carbonyl (C=O) groups excluding carboxylic acids is 2. The van der Waals surface area contributed by atoms with Crippen LogP contribution in [0, 0.1) is 20.8 Å². The lowest BCUT2D eigenvalue weighted by Crippen LogP contribution is -2.41. The molecule has 1 atom stereocenters. The molecule has 24 heavy (non-hydrogen) atoms. The molecule has 1 aromatic heterocycles. The van der Waals surface area contributed by atoms with E-state index in [4.69, 9.17) is 5.73 Å². The number of aromatic nitrogens is 1. The fourth-order valence-electron chi connectivity index (χ4n) is 2.78. The molecule has 2 aromatic rings. The summed E-state index contributed by atoms with van der Waals surface area (Å²) in [6.45, 7) is 5.73. The Morgan fingerprint density at radius 1 is 1.25 bits per heavy atom. The van der Waals surface area contributed by atoms with Gasteiger partial charge in [-0.1, -0.05) is 11.6 Å². The highest BCUT2D eigenvalue weighted by Gasteiger charge is 2.23. The highest BCUT2D eigenvalue weighted by Crippen LogP contribution is 2.26. The van der Waals surface area contributed by atoms with Gasteiger partial charge in [-0.15, -0.1) is 0 Å². The monoisotopic (exact) mass is 331 g/mol. The summed E-state index contributed by atoms with van der Waals surface area (Å²) in [7, 11) is 0. The molecule has 7 nitrogen and oxygen atoms in total. The molecule has 0 aliphatic heterocycles. The standard InChI is InChI=1S/C17H21N3O4/c1-8-6-9(2)14-11(7-8)10(3)15(20-14)16(22)19-12(17(23)24)4-5-13(18)21/h6-7,12,20H,4-5H2,1-3H3,(H2,18,21)(H,19,22)(H,23,24)/t12-/m0/s1. The van der Waals surface area contributed by atoms with Crippen LogP contribution in [-0.4, -0.2) is 33.9 Å². The molecule has 0 fully saturated rings. The second kappa shape index (κ2) is 6.74. The number of fused-ring (bicyclic) bond motifs is 1. The van der Waals surface area contributed by atoms with Crippen LogP contribution in [0.1, 0.15) is 40.0 Å². The van der Waals surface area contributed by atoms with Crippen LogP contribution in [0.4, 0.5) is 0 Å². The van der Waals surface area contributed by atoms with E-state index in [0.29, 0.717) is 5.69 Å². The molecular formula is C17H21N3O4. The van der Waals surface area contributed by atoms with E-state index in [1.165, 1.54) is 0 Å². The summed E-state index contributed by atoms with van der Waals surface area (Å²) in [5, 5.41) is 12.6. The van der Waals surface area contributed by atoms with Gasteiger partial charge in [0.25, 0.3) is 5.91 Å². The maximum absolute atomic E-state index is 12.5. The van der Waals surface area contributed by atoms with E-state index in [1.54, 1.807) is 0 Å². The predicted octanol–water partition coefficient (Wildman–Crippen LogP) is 1.54. The van der Waals surface area contributed by atoms with Crippen LogP contribution in [0.15, 0.2) is 12.1 Å².